The number of methoxy groups -OCH3 is 1. The molecule has 1 rings (SSSR count). The molecule has 0 aromatic carbocycles. The summed E-state index contributed by atoms with van der Waals surface area (Å²) < 4.78 is 10.3. The topological polar surface area (TPSA) is 47.6 Å². The van der Waals surface area contributed by atoms with Crippen LogP contribution in [-0.2, 0) is 14.3 Å². The molecule has 0 amide bonds. The van der Waals surface area contributed by atoms with E-state index in [0.29, 0.717) is 31.7 Å². The molecule has 0 saturated heterocycles. The summed E-state index contributed by atoms with van der Waals surface area (Å²) in [5.74, 6) is -0.125. The van der Waals surface area contributed by atoms with E-state index in [2.05, 4.69) is 5.32 Å². The number of hydrogen-bond donors (Lipinski definition) is 1. The van der Waals surface area contributed by atoms with Crippen molar-refractivity contribution < 1.29 is 14.3 Å². The second-order valence-electron chi connectivity index (χ2n) is 4.17. The molecule has 0 aliphatic heterocycles. The van der Waals surface area contributed by atoms with Crippen molar-refractivity contribution in [1.82, 2.24) is 5.32 Å². The number of carbonyl (C=O) groups is 1. The Hall–Kier alpha value is -0.610. The van der Waals surface area contributed by atoms with E-state index in [0.717, 1.165) is 12.8 Å². The van der Waals surface area contributed by atoms with Crippen molar-refractivity contribution in [1.29, 1.82) is 0 Å². The van der Waals surface area contributed by atoms with Crippen LogP contribution in [0.5, 0.6) is 0 Å². The zero-order chi connectivity index (χ0) is 11.8. The summed E-state index contributed by atoms with van der Waals surface area (Å²) in [7, 11) is 1.76. The standard InChI is InChI=1S/C12H23NO3/c1-3-16-12(14)8-9-13-10-6-4-5-7-11(10)15-2/h10-11,13H,3-9H2,1-2H3. The third-order valence-electron chi connectivity index (χ3n) is 3.05. The van der Waals surface area contributed by atoms with Crippen LogP contribution in [0.4, 0.5) is 0 Å². The maximum Gasteiger partial charge on any atom is 0.307 e. The van der Waals surface area contributed by atoms with Gasteiger partial charge in [-0.05, 0) is 19.8 Å². The van der Waals surface area contributed by atoms with Gasteiger partial charge in [0.1, 0.15) is 0 Å². The highest BCUT2D eigenvalue weighted by Gasteiger charge is 2.24. The first kappa shape index (κ1) is 13.5. The molecule has 1 aliphatic rings. The first-order valence-corrected chi connectivity index (χ1v) is 6.19. The van der Waals surface area contributed by atoms with E-state index in [-0.39, 0.29) is 5.97 Å². The highest BCUT2D eigenvalue weighted by Crippen LogP contribution is 2.20. The van der Waals surface area contributed by atoms with Gasteiger partial charge in [-0.15, -0.1) is 0 Å². The monoisotopic (exact) mass is 229 g/mol. The van der Waals surface area contributed by atoms with Crippen LogP contribution in [0.2, 0.25) is 0 Å². The van der Waals surface area contributed by atoms with Crippen molar-refractivity contribution in [3.05, 3.63) is 0 Å². The number of carbonyl (C=O) groups excluding carboxylic acids is 1. The van der Waals surface area contributed by atoms with Crippen LogP contribution < -0.4 is 5.32 Å². The number of hydrogen-bond acceptors (Lipinski definition) is 4. The van der Waals surface area contributed by atoms with Crippen molar-refractivity contribution in [2.75, 3.05) is 20.3 Å². The Labute approximate surface area is 97.7 Å². The van der Waals surface area contributed by atoms with E-state index in [1.54, 1.807) is 7.11 Å². The molecule has 1 fully saturated rings. The highest BCUT2D eigenvalue weighted by molar-refractivity contribution is 5.69. The second-order valence-corrected chi connectivity index (χ2v) is 4.17. The number of nitrogens with one attached hydrogen (secondary N) is 1. The molecule has 94 valence electrons. The summed E-state index contributed by atoms with van der Waals surface area (Å²) in [6, 6.07) is 0.396. The number of esters is 1. The average Bonchev–Trinajstić information content (AvgIpc) is 2.30. The Morgan fingerprint density at radius 2 is 2.12 bits per heavy atom. The molecule has 4 nitrogen and oxygen atoms in total. The Morgan fingerprint density at radius 3 is 2.81 bits per heavy atom. The quantitative estimate of drug-likeness (QED) is 0.701. The molecule has 1 N–H and O–H groups in total. The lowest BCUT2D eigenvalue weighted by molar-refractivity contribution is -0.143. The molecule has 1 aliphatic carbocycles. The summed E-state index contributed by atoms with van der Waals surface area (Å²) in [5.41, 5.74) is 0. The third-order valence-corrected chi connectivity index (χ3v) is 3.05. The molecule has 0 bridgehead atoms. The van der Waals surface area contributed by atoms with E-state index >= 15 is 0 Å². The molecule has 0 heterocycles. The normalized spacial score (nSPS) is 25.4. The fraction of sp³-hybridized carbons (Fsp3) is 0.917. The predicted molar refractivity (Wildman–Crippen MR) is 62.3 cm³/mol. The van der Waals surface area contributed by atoms with Gasteiger partial charge in [0.15, 0.2) is 0 Å². The van der Waals surface area contributed by atoms with Crippen LogP contribution in [-0.4, -0.2) is 38.4 Å². The number of ether oxygens (including phenoxy) is 2. The van der Waals surface area contributed by atoms with E-state index in [4.69, 9.17) is 9.47 Å². The Balaban J connectivity index is 2.17. The van der Waals surface area contributed by atoms with Crippen LogP contribution >= 0.6 is 0 Å². The molecular formula is C12H23NO3. The SMILES string of the molecule is CCOC(=O)CCNC1CCCCC1OC. The van der Waals surface area contributed by atoms with Gasteiger partial charge in [-0.3, -0.25) is 4.79 Å². The fourth-order valence-corrected chi connectivity index (χ4v) is 2.21. The average molecular weight is 229 g/mol. The van der Waals surface area contributed by atoms with Crippen molar-refractivity contribution in [3.63, 3.8) is 0 Å². The van der Waals surface area contributed by atoms with E-state index in [1.165, 1.54) is 12.8 Å². The minimum atomic E-state index is -0.125. The maximum absolute atomic E-state index is 11.1. The molecule has 0 spiro atoms. The molecule has 16 heavy (non-hydrogen) atoms. The van der Waals surface area contributed by atoms with Crippen LogP contribution in [0.1, 0.15) is 39.0 Å². The Bertz CT molecular complexity index is 208. The van der Waals surface area contributed by atoms with E-state index in [9.17, 15) is 4.79 Å². The summed E-state index contributed by atoms with van der Waals surface area (Å²) in [4.78, 5) is 11.1. The molecule has 0 aromatic heterocycles. The van der Waals surface area contributed by atoms with Gasteiger partial charge < -0.3 is 14.8 Å². The lowest BCUT2D eigenvalue weighted by atomic mass is 9.92. The fourth-order valence-electron chi connectivity index (χ4n) is 2.21. The minimum Gasteiger partial charge on any atom is -0.466 e. The van der Waals surface area contributed by atoms with E-state index in [1.807, 2.05) is 6.92 Å². The molecule has 2 unspecified atom stereocenters. The van der Waals surface area contributed by atoms with Gasteiger partial charge in [0.2, 0.25) is 0 Å². The van der Waals surface area contributed by atoms with Gasteiger partial charge >= 0.3 is 5.97 Å². The minimum absolute atomic E-state index is 0.125. The first-order chi connectivity index (χ1) is 7.77. The van der Waals surface area contributed by atoms with Gasteiger partial charge in [0, 0.05) is 19.7 Å². The van der Waals surface area contributed by atoms with Gasteiger partial charge in [0.25, 0.3) is 0 Å². The lowest BCUT2D eigenvalue weighted by Gasteiger charge is -2.31. The predicted octanol–water partition coefficient (Wildman–Crippen LogP) is 1.49. The molecule has 2 atom stereocenters. The lowest BCUT2D eigenvalue weighted by Crippen LogP contribution is -2.43. The van der Waals surface area contributed by atoms with E-state index < -0.39 is 0 Å². The van der Waals surface area contributed by atoms with Crippen LogP contribution in [0, 0.1) is 0 Å². The smallest absolute Gasteiger partial charge is 0.307 e. The number of rotatable bonds is 6. The second kappa shape index (κ2) is 7.63. The van der Waals surface area contributed by atoms with Gasteiger partial charge in [-0.2, -0.15) is 0 Å². The van der Waals surface area contributed by atoms with Crippen LogP contribution in [0.25, 0.3) is 0 Å². The molecular weight excluding hydrogens is 206 g/mol. The zero-order valence-electron chi connectivity index (χ0n) is 10.3. The summed E-state index contributed by atoms with van der Waals surface area (Å²) in [5, 5.41) is 3.39. The van der Waals surface area contributed by atoms with Crippen molar-refractivity contribution in [3.8, 4) is 0 Å². The van der Waals surface area contributed by atoms with Gasteiger partial charge in [-0.1, -0.05) is 12.8 Å². The summed E-state index contributed by atoms with van der Waals surface area (Å²) in [6.07, 6.45) is 5.50. The first-order valence-electron chi connectivity index (χ1n) is 6.19. The largest absolute Gasteiger partial charge is 0.466 e. The van der Waals surface area contributed by atoms with Crippen molar-refractivity contribution in [2.24, 2.45) is 0 Å². The summed E-state index contributed by atoms with van der Waals surface area (Å²) >= 11 is 0. The van der Waals surface area contributed by atoms with Crippen LogP contribution in [0.3, 0.4) is 0 Å². The molecule has 1 saturated carbocycles. The van der Waals surface area contributed by atoms with Gasteiger partial charge in [0.05, 0.1) is 19.1 Å². The Kier molecular flexibility index (Phi) is 6.42. The highest BCUT2D eigenvalue weighted by atomic mass is 16.5. The van der Waals surface area contributed by atoms with Crippen molar-refractivity contribution in [2.45, 2.75) is 51.2 Å². The zero-order valence-corrected chi connectivity index (χ0v) is 10.3. The molecule has 0 radical (unpaired) electrons. The van der Waals surface area contributed by atoms with Crippen molar-refractivity contribution >= 4 is 5.97 Å². The molecule has 4 heteroatoms. The van der Waals surface area contributed by atoms with Crippen LogP contribution in [0.15, 0.2) is 0 Å². The Morgan fingerprint density at radius 1 is 1.38 bits per heavy atom. The maximum atomic E-state index is 11.1. The molecule has 0 aromatic rings. The third kappa shape index (κ3) is 4.49. The summed E-state index contributed by atoms with van der Waals surface area (Å²) in [6.45, 7) is 2.97. The van der Waals surface area contributed by atoms with Gasteiger partial charge in [-0.25, -0.2) is 0 Å².